The van der Waals surface area contributed by atoms with Gasteiger partial charge in [-0.15, -0.1) is 0 Å². The summed E-state index contributed by atoms with van der Waals surface area (Å²) < 4.78 is 10.8. The van der Waals surface area contributed by atoms with Gasteiger partial charge in [0.2, 0.25) is 11.8 Å². The second-order valence-electron chi connectivity index (χ2n) is 9.52. The fourth-order valence-corrected chi connectivity index (χ4v) is 6.39. The van der Waals surface area contributed by atoms with Gasteiger partial charge in [-0.1, -0.05) is 30.3 Å². The summed E-state index contributed by atoms with van der Waals surface area (Å²) in [5, 5.41) is 2.76. The maximum absolute atomic E-state index is 12.5. The molecule has 0 unspecified atom stereocenters. The quantitative estimate of drug-likeness (QED) is 0.698. The van der Waals surface area contributed by atoms with E-state index in [4.69, 9.17) is 9.15 Å². The molecular weight excluding hydrogens is 380 g/mol. The Balaban J connectivity index is 1.07. The molecule has 6 heteroatoms. The molecule has 2 aromatic rings. The molecule has 30 heavy (non-hydrogen) atoms. The van der Waals surface area contributed by atoms with Gasteiger partial charge in [0.15, 0.2) is 12.4 Å². The molecule has 4 bridgehead atoms. The van der Waals surface area contributed by atoms with Crippen molar-refractivity contribution in [3.8, 4) is 11.3 Å². The van der Waals surface area contributed by atoms with Crippen LogP contribution < -0.4 is 5.32 Å². The lowest BCUT2D eigenvalue weighted by Gasteiger charge is -2.56. The van der Waals surface area contributed by atoms with E-state index in [1.807, 2.05) is 30.3 Å². The number of amides is 1. The van der Waals surface area contributed by atoms with Crippen LogP contribution >= 0.6 is 0 Å². The van der Waals surface area contributed by atoms with Gasteiger partial charge in [-0.3, -0.25) is 9.59 Å². The van der Waals surface area contributed by atoms with Crippen molar-refractivity contribution in [2.45, 2.75) is 51.6 Å². The van der Waals surface area contributed by atoms with Crippen LogP contribution in [0.5, 0.6) is 0 Å². The number of ether oxygens (including phenoxy) is 1. The summed E-state index contributed by atoms with van der Waals surface area (Å²) in [6.07, 6.45) is 9.80. The zero-order valence-electron chi connectivity index (χ0n) is 17.1. The molecule has 4 fully saturated rings. The summed E-state index contributed by atoms with van der Waals surface area (Å²) in [4.78, 5) is 28.7. The highest BCUT2D eigenvalue weighted by atomic mass is 16.5. The van der Waals surface area contributed by atoms with E-state index in [0.717, 1.165) is 23.3 Å². The van der Waals surface area contributed by atoms with Crippen molar-refractivity contribution in [3.63, 3.8) is 0 Å². The second-order valence-corrected chi connectivity index (χ2v) is 9.52. The van der Waals surface area contributed by atoms with Crippen LogP contribution in [0.1, 0.15) is 50.8 Å². The zero-order valence-corrected chi connectivity index (χ0v) is 17.1. The third-order valence-electron chi connectivity index (χ3n) is 7.10. The Morgan fingerprint density at radius 2 is 1.73 bits per heavy atom. The standard InChI is InChI=1S/C24H28N2O4/c27-21(12-24-9-16-6-17(10-24)8-18(7-16)11-24)25-14-23(28)29-15-22-26-13-20(30-22)19-4-2-1-3-5-19/h1-5,13,16-18H,6-12,14-15H2,(H,25,27). The third-order valence-corrected chi connectivity index (χ3v) is 7.10. The summed E-state index contributed by atoms with van der Waals surface area (Å²) in [6, 6.07) is 9.62. The molecule has 4 aliphatic rings. The first-order valence-electron chi connectivity index (χ1n) is 11.0. The molecule has 0 aliphatic heterocycles. The number of oxazole rings is 1. The molecule has 6 rings (SSSR count). The number of nitrogens with zero attached hydrogens (tertiary/aromatic N) is 1. The van der Waals surface area contributed by atoms with Crippen LogP contribution in [0.3, 0.4) is 0 Å². The number of hydrogen-bond donors (Lipinski definition) is 1. The SMILES string of the molecule is O=C(CC12CC3CC(CC(C3)C1)C2)NCC(=O)OCc1ncc(-c2ccccc2)o1. The Hall–Kier alpha value is -2.63. The topological polar surface area (TPSA) is 81.4 Å². The average molecular weight is 408 g/mol. The van der Waals surface area contributed by atoms with Crippen LogP contribution in [-0.4, -0.2) is 23.4 Å². The molecule has 0 saturated heterocycles. The largest absolute Gasteiger partial charge is 0.454 e. The van der Waals surface area contributed by atoms with Gasteiger partial charge in [-0.2, -0.15) is 0 Å². The first-order valence-corrected chi connectivity index (χ1v) is 11.0. The van der Waals surface area contributed by atoms with Crippen LogP contribution in [0.2, 0.25) is 0 Å². The highest BCUT2D eigenvalue weighted by Crippen LogP contribution is 2.61. The van der Waals surface area contributed by atoms with E-state index in [1.54, 1.807) is 6.20 Å². The van der Waals surface area contributed by atoms with Gasteiger partial charge in [0.25, 0.3) is 0 Å². The Labute approximate surface area is 176 Å². The lowest BCUT2D eigenvalue weighted by Crippen LogP contribution is -2.48. The van der Waals surface area contributed by atoms with Gasteiger partial charge in [0.05, 0.1) is 6.20 Å². The molecule has 1 heterocycles. The third kappa shape index (κ3) is 4.13. The first kappa shape index (κ1) is 19.3. The van der Waals surface area contributed by atoms with Crippen LogP contribution in [0.15, 0.2) is 40.9 Å². The van der Waals surface area contributed by atoms with Crippen molar-refractivity contribution in [1.82, 2.24) is 10.3 Å². The van der Waals surface area contributed by atoms with Gasteiger partial charge >= 0.3 is 5.97 Å². The number of rotatable bonds is 7. The fourth-order valence-electron chi connectivity index (χ4n) is 6.39. The number of hydrogen-bond acceptors (Lipinski definition) is 5. The normalized spacial score (nSPS) is 29.0. The Morgan fingerprint density at radius 3 is 2.40 bits per heavy atom. The predicted octanol–water partition coefficient (Wildman–Crippen LogP) is 4.11. The molecule has 0 atom stereocenters. The molecule has 158 valence electrons. The summed E-state index contributed by atoms with van der Waals surface area (Å²) in [7, 11) is 0. The van der Waals surface area contributed by atoms with E-state index in [9.17, 15) is 9.59 Å². The highest BCUT2D eigenvalue weighted by molar-refractivity contribution is 5.82. The van der Waals surface area contributed by atoms with E-state index < -0.39 is 5.97 Å². The van der Waals surface area contributed by atoms with Gasteiger partial charge in [-0.05, 0) is 61.7 Å². The monoisotopic (exact) mass is 408 g/mol. The Bertz CT molecular complexity index is 885. The average Bonchev–Trinajstić information content (AvgIpc) is 3.19. The van der Waals surface area contributed by atoms with Crippen LogP contribution in [-0.2, 0) is 20.9 Å². The van der Waals surface area contributed by atoms with Gasteiger partial charge in [0, 0.05) is 12.0 Å². The number of esters is 1. The maximum Gasteiger partial charge on any atom is 0.325 e. The van der Waals surface area contributed by atoms with Crippen LogP contribution in [0.25, 0.3) is 11.3 Å². The lowest BCUT2D eigenvalue weighted by atomic mass is 9.49. The maximum atomic E-state index is 12.5. The first-order chi connectivity index (χ1) is 14.6. The number of benzene rings is 1. The molecule has 4 aliphatic carbocycles. The van der Waals surface area contributed by atoms with E-state index in [2.05, 4.69) is 10.3 Å². The van der Waals surface area contributed by atoms with E-state index >= 15 is 0 Å². The minimum absolute atomic E-state index is 0.0311. The minimum atomic E-state index is -0.478. The summed E-state index contributed by atoms with van der Waals surface area (Å²) in [5.74, 6) is 2.90. The van der Waals surface area contributed by atoms with Gasteiger partial charge in [-0.25, -0.2) is 4.98 Å². The number of carbonyl (C=O) groups is 2. The molecular formula is C24H28N2O4. The van der Waals surface area contributed by atoms with Crippen LogP contribution in [0.4, 0.5) is 0 Å². The summed E-state index contributed by atoms with van der Waals surface area (Å²) in [5.41, 5.74) is 1.09. The van der Waals surface area contributed by atoms with Crippen molar-refractivity contribution >= 4 is 11.9 Å². The van der Waals surface area contributed by atoms with E-state index in [-0.39, 0.29) is 24.5 Å². The molecule has 0 spiro atoms. The Morgan fingerprint density at radius 1 is 1.07 bits per heavy atom. The summed E-state index contributed by atoms with van der Waals surface area (Å²) in [6.45, 7) is -0.159. The van der Waals surface area contributed by atoms with Crippen molar-refractivity contribution in [2.24, 2.45) is 23.2 Å². The molecule has 1 aromatic heterocycles. The number of carbonyl (C=O) groups excluding carboxylic acids is 2. The molecule has 1 amide bonds. The van der Waals surface area contributed by atoms with Gasteiger partial charge < -0.3 is 14.5 Å². The fraction of sp³-hybridized carbons (Fsp3) is 0.542. The van der Waals surface area contributed by atoms with Crippen LogP contribution in [0, 0.1) is 23.2 Å². The molecule has 1 N–H and O–H groups in total. The Kier molecular flexibility index (Phi) is 5.09. The molecule has 0 radical (unpaired) electrons. The summed E-state index contributed by atoms with van der Waals surface area (Å²) >= 11 is 0. The van der Waals surface area contributed by atoms with E-state index in [0.29, 0.717) is 18.1 Å². The second kappa shape index (κ2) is 7.89. The predicted molar refractivity (Wildman–Crippen MR) is 110 cm³/mol. The molecule has 6 nitrogen and oxygen atoms in total. The number of nitrogens with one attached hydrogen (secondary N) is 1. The van der Waals surface area contributed by atoms with Gasteiger partial charge in [0.1, 0.15) is 6.54 Å². The number of aromatic nitrogens is 1. The smallest absolute Gasteiger partial charge is 0.325 e. The molecule has 4 saturated carbocycles. The molecule has 1 aromatic carbocycles. The van der Waals surface area contributed by atoms with Crippen molar-refractivity contribution in [1.29, 1.82) is 0 Å². The van der Waals surface area contributed by atoms with E-state index in [1.165, 1.54) is 38.5 Å². The van der Waals surface area contributed by atoms with Crippen molar-refractivity contribution < 1.29 is 18.7 Å². The lowest BCUT2D eigenvalue weighted by molar-refractivity contribution is -0.146. The van der Waals surface area contributed by atoms with Crippen molar-refractivity contribution in [3.05, 3.63) is 42.4 Å². The minimum Gasteiger partial charge on any atom is -0.454 e. The zero-order chi connectivity index (χ0) is 20.6. The van der Waals surface area contributed by atoms with Crippen molar-refractivity contribution in [2.75, 3.05) is 6.54 Å². The highest BCUT2D eigenvalue weighted by Gasteiger charge is 2.51.